The highest BCUT2D eigenvalue weighted by atomic mass is 16.6. The number of carboxylic acid groups (broad SMARTS) is 1. The van der Waals surface area contributed by atoms with E-state index in [0.29, 0.717) is 12.8 Å². The van der Waals surface area contributed by atoms with Crippen molar-refractivity contribution in [3.8, 4) is 0 Å². The normalized spacial score (nSPS) is 13.7. The van der Waals surface area contributed by atoms with Gasteiger partial charge >= 0.3 is 11.9 Å². The van der Waals surface area contributed by atoms with Crippen LogP contribution in [0.3, 0.4) is 0 Å². The van der Waals surface area contributed by atoms with Gasteiger partial charge in [0.1, 0.15) is 12.6 Å². The van der Waals surface area contributed by atoms with Crippen LogP contribution in [0.25, 0.3) is 0 Å². The van der Waals surface area contributed by atoms with E-state index < -0.39 is 18.1 Å². The third-order valence-electron chi connectivity index (χ3n) is 11.4. The summed E-state index contributed by atoms with van der Waals surface area (Å²) in [5, 5.41) is 11.7. The van der Waals surface area contributed by atoms with Gasteiger partial charge in [-0.25, -0.2) is 0 Å². The largest absolute Gasteiger partial charge is 0.544 e. The summed E-state index contributed by atoms with van der Waals surface area (Å²) < 4.78 is 17.2. The number of hydrogen-bond donors (Lipinski definition) is 0. The van der Waals surface area contributed by atoms with Crippen LogP contribution >= 0.6 is 0 Å². The Morgan fingerprint density at radius 2 is 0.779 bits per heavy atom. The molecule has 0 fully saturated rings. The van der Waals surface area contributed by atoms with E-state index in [2.05, 4.69) is 123 Å². The maximum absolute atomic E-state index is 12.8. The Balaban J connectivity index is 4.30. The van der Waals surface area contributed by atoms with E-state index >= 15 is 0 Å². The molecule has 2 unspecified atom stereocenters. The van der Waals surface area contributed by atoms with Crippen LogP contribution in [0.15, 0.2) is 109 Å². The molecule has 2 atom stereocenters. The van der Waals surface area contributed by atoms with E-state index in [1.807, 2.05) is 0 Å². The summed E-state index contributed by atoms with van der Waals surface area (Å²) in [5.41, 5.74) is 0. The molecule has 8 heteroatoms. The van der Waals surface area contributed by atoms with Crippen molar-refractivity contribution >= 4 is 17.9 Å². The predicted molar refractivity (Wildman–Crippen MR) is 286 cm³/mol. The van der Waals surface area contributed by atoms with Crippen molar-refractivity contribution in [1.82, 2.24) is 0 Å². The molecule has 0 saturated carbocycles. The molecule has 0 rings (SSSR count). The number of carbonyl (C=O) groups excluding carboxylic acids is 3. The molecule has 0 aliphatic heterocycles. The van der Waals surface area contributed by atoms with Crippen LogP contribution < -0.4 is 5.11 Å². The standard InChI is InChI=1S/C60H99NO7/c1-6-8-10-12-14-16-18-20-22-24-26-28-29-31-32-34-36-38-40-42-44-46-48-50-58(62)67-55-56(54-66-53-52-57(60(64)65)61(3,4)5)68-59(63)51-49-47-45-43-41-39-37-35-33-30-27-25-23-21-19-17-15-13-11-9-7-2/h8-11,14-17,20-23,27,30,35,37,41,43,56-57H,6-7,12-13,18-19,24-26,28-29,31-34,36,38-40,42,44-55H2,1-5H3/b10-8+,11-9+,16-14+,17-15+,22-20+,23-21+,30-27+,37-35+,43-41+. The summed E-state index contributed by atoms with van der Waals surface area (Å²) in [6.45, 7) is 4.39. The molecule has 0 bridgehead atoms. The van der Waals surface area contributed by atoms with E-state index in [-0.39, 0.29) is 49.1 Å². The summed E-state index contributed by atoms with van der Waals surface area (Å²) in [4.78, 5) is 37.1. The van der Waals surface area contributed by atoms with Crippen LogP contribution in [0, 0.1) is 0 Å². The van der Waals surface area contributed by atoms with Crippen LogP contribution in [0.2, 0.25) is 0 Å². The molecule has 0 aromatic heterocycles. The summed E-state index contributed by atoms with van der Waals surface area (Å²) in [7, 11) is 5.39. The molecule has 0 aliphatic carbocycles. The third kappa shape index (κ3) is 47.1. The lowest BCUT2D eigenvalue weighted by atomic mass is 10.0. The number of quaternary nitrogens is 1. The predicted octanol–water partition coefficient (Wildman–Crippen LogP) is 14.6. The van der Waals surface area contributed by atoms with Gasteiger partial charge in [0.05, 0.1) is 40.3 Å². The lowest BCUT2D eigenvalue weighted by Crippen LogP contribution is -2.55. The van der Waals surface area contributed by atoms with Crippen molar-refractivity contribution in [1.29, 1.82) is 0 Å². The molecular weight excluding hydrogens is 847 g/mol. The van der Waals surface area contributed by atoms with Crippen LogP contribution in [0.1, 0.15) is 200 Å². The smallest absolute Gasteiger partial charge is 0.306 e. The average molecular weight is 946 g/mol. The zero-order valence-corrected chi connectivity index (χ0v) is 44.0. The molecule has 8 nitrogen and oxygen atoms in total. The summed E-state index contributed by atoms with van der Waals surface area (Å²) >= 11 is 0. The zero-order chi connectivity index (χ0) is 49.9. The molecule has 0 aromatic rings. The number of aliphatic carboxylic acids is 1. The molecule has 0 aromatic carbocycles. The highest BCUT2D eigenvalue weighted by Gasteiger charge is 2.25. The molecule has 386 valence electrons. The minimum Gasteiger partial charge on any atom is -0.544 e. The van der Waals surface area contributed by atoms with Gasteiger partial charge in [-0.05, 0) is 96.3 Å². The third-order valence-corrected chi connectivity index (χ3v) is 11.4. The fraction of sp³-hybridized carbons (Fsp3) is 0.650. The lowest BCUT2D eigenvalue weighted by Gasteiger charge is -2.34. The maximum atomic E-state index is 12.8. The van der Waals surface area contributed by atoms with Crippen LogP contribution in [0.5, 0.6) is 0 Å². The number of carboxylic acids is 1. The fourth-order valence-corrected chi connectivity index (χ4v) is 7.32. The fourth-order valence-electron chi connectivity index (χ4n) is 7.32. The number of hydrogen-bond acceptors (Lipinski definition) is 7. The van der Waals surface area contributed by atoms with Gasteiger partial charge < -0.3 is 28.6 Å². The van der Waals surface area contributed by atoms with Crippen molar-refractivity contribution < 1.29 is 38.2 Å². The van der Waals surface area contributed by atoms with Crippen LogP contribution in [0.4, 0.5) is 0 Å². The van der Waals surface area contributed by atoms with Crippen molar-refractivity contribution in [3.05, 3.63) is 109 Å². The zero-order valence-electron chi connectivity index (χ0n) is 44.0. The highest BCUT2D eigenvalue weighted by molar-refractivity contribution is 5.70. The Labute approximate surface area is 417 Å². The molecule has 0 aliphatic rings. The Bertz CT molecular complexity index is 1470. The highest BCUT2D eigenvalue weighted by Crippen LogP contribution is 2.15. The topological polar surface area (TPSA) is 102 Å². The van der Waals surface area contributed by atoms with Crippen molar-refractivity contribution in [2.45, 2.75) is 212 Å². The molecule has 0 radical (unpaired) electrons. The number of nitrogens with zero attached hydrogens (tertiary/aromatic N) is 1. The second-order valence-electron chi connectivity index (χ2n) is 18.7. The minimum atomic E-state index is -1.14. The van der Waals surface area contributed by atoms with E-state index in [0.717, 1.165) is 89.9 Å². The molecule has 0 spiro atoms. The lowest BCUT2D eigenvalue weighted by molar-refractivity contribution is -0.889. The Morgan fingerprint density at radius 3 is 1.18 bits per heavy atom. The van der Waals surface area contributed by atoms with E-state index in [1.54, 1.807) is 21.1 Å². The van der Waals surface area contributed by atoms with E-state index in [9.17, 15) is 19.5 Å². The SMILES string of the molecule is CC/C=C/C/C=C/C/C=C/C/C=C/C/C=C/C/C=C/CCCCC(=O)OC(COCCC(C(=O)[O-])[N+](C)(C)C)COC(=O)CCCCCCCCCCCCCCC/C=C/C/C=C/C/C=C/CC. The van der Waals surface area contributed by atoms with Crippen molar-refractivity contribution in [3.63, 3.8) is 0 Å². The molecule has 0 N–H and O–H groups in total. The first-order valence-corrected chi connectivity index (χ1v) is 26.9. The summed E-state index contributed by atoms with van der Waals surface area (Å²) in [6, 6.07) is -0.741. The van der Waals surface area contributed by atoms with Gasteiger partial charge in [-0.3, -0.25) is 9.59 Å². The summed E-state index contributed by atoms with van der Waals surface area (Å²) in [6.07, 6.45) is 68.4. The van der Waals surface area contributed by atoms with Crippen LogP contribution in [-0.2, 0) is 28.6 Å². The maximum Gasteiger partial charge on any atom is 0.306 e. The molecular formula is C60H99NO7. The van der Waals surface area contributed by atoms with Gasteiger partial charge in [-0.1, -0.05) is 194 Å². The van der Waals surface area contributed by atoms with Gasteiger partial charge in [0.15, 0.2) is 6.10 Å². The first kappa shape index (κ1) is 64.0. The van der Waals surface area contributed by atoms with Gasteiger partial charge in [0, 0.05) is 19.3 Å². The second-order valence-corrected chi connectivity index (χ2v) is 18.7. The van der Waals surface area contributed by atoms with Crippen molar-refractivity contribution in [2.75, 3.05) is 41.0 Å². The Hall–Kier alpha value is -4.01. The number of allylic oxidation sites excluding steroid dienone is 18. The van der Waals surface area contributed by atoms with Gasteiger partial charge in [-0.15, -0.1) is 0 Å². The number of esters is 2. The first-order chi connectivity index (χ1) is 33.1. The first-order valence-electron chi connectivity index (χ1n) is 26.9. The van der Waals surface area contributed by atoms with E-state index in [1.165, 1.54) is 70.6 Å². The Morgan fingerprint density at radius 1 is 0.441 bits per heavy atom. The van der Waals surface area contributed by atoms with Gasteiger partial charge in [-0.2, -0.15) is 0 Å². The number of ether oxygens (including phenoxy) is 3. The number of rotatable bonds is 47. The molecule has 0 saturated heterocycles. The molecule has 68 heavy (non-hydrogen) atoms. The number of carbonyl (C=O) groups is 3. The van der Waals surface area contributed by atoms with Crippen LogP contribution in [-0.4, -0.2) is 75.5 Å². The average Bonchev–Trinajstić information content (AvgIpc) is 3.30. The van der Waals surface area contributed by atoms with Crippen molar-refractivity contribution in [2.24, 2.45) is 0 Å². The number of likely N-dealkylation sites (N-methyl/N-ethyl adjacent to an activating group) is 1. The monoisotopic (exact) mass is 946 g/mol. The van der Waals surface area contributed by atoms with Gasteiger partial charge in [0.25, 0.3) is 0 Å². The van der Waals surface area contributed by atoms with E-state index in [4.69, 9.17) is 14.2 Å². The number of unbranched alkanes of at least 4 members (excludes halogenated alkanes) is 15. The summed E-state index contributed by atoms with van der Waals surface area (Å²) in [5.74, 6) is -1.80. The molecule has 0 heterocycles. The minimum absolute atomic E-state index is 0.0166. The Kier molecular flexibility index (Phi) is 46.5. The quantitative estimate of drug-likeness (QED) is 0.0259. The van der Waals surface area contributed by atoms with Gasteiger partial charge in [0.2, 0.25) is 0 Å². The molecule has 0 amide bonds. The second kappa shape index (κ2) is 49.4.